The second-order valence-corrected chi connectivity index (χ2v) is 7.75. The maximum atomic E-state index is 13.0. The van der Waals surface area contributed by atoms with Gasteiger partial charge in [-0.25, -0.2) is 17.5 Å². The summed E-state index contributed by atoms with van der Waals surface area (Å²) in [5, 5.41) is 3.94. The summed E-state index contributed by atoms with van der Waals surface area (Å²) in [7, 11) is -3.67. The molecule has 0 saturated heterocycles. The number of halogens is 2. The van der Waals surface area contributed by atoms with Crippen molar-refractivity contribution >= 4 is 37.3 Å². The summed E-state index contributed by atoms with van der Waals surface area (Å²) >= 11 is 4.65. The highest BCUT2D eigenvalue weighted by atomic mass is 79.9. The lowest BCUT2D eigenvalue weighted by atomic mass is 10.1. The molecule has 1 N–H and O–H groups in total. The van der Waals surface area contributed by atoms with Gasteiger partial charge in [0.2, 0.25) is 10.0 Å². The van der Waals surface area contributed by atoms with E-state index in [1.165, 1.54) is 6.07 Å². The first-order chi connectivity index (χ1) is 9.38. The Morgan fingerprint density at radius 2 is 2.15 bits per heavy atom. The Balaban J connectivity index is 2.14. The zero-order chi connectivity index (χ0) is 14.8. The Bertz CT molecular complexity index is 686. The van der Waals surface area contributed by atoms with Gasteiger partial charge in [-0.15, -0.1) is 0 Å². The fourth-order valence-corrected chi connectivity index (χ4v) is 4.80. The Hall–Kier alpha value is -0.760. The average Bonchev–Trinajstić information content (AvgIpc) is 2.79. The van der Waals surface area contributed by atoms with Crippen molar-refractivity contribution in [1.82, 2.24) is 4.72 Å². The van der Waals surface area contributed by atoms with E-state index in [0.717, 1.165) is 17.7 Å². The zero-order valence-electron chi connectivity index (χ0n) is 10.6. The first-order valence-corrected chi connectivity index (χ1v) is 9.09. The monoisotopic (exact) mass is 377 g/mol. The normalized spacial score (nSPS) is 13.3. The molecule has 0 fully saturated rings. The van der Waals surface area contributed by atoms with Crippen molar-refractivity contribution in [1.29, 1.82) is 0 Å². The van der Waals surface area contributed by atoms with Crippen molar-refractivity contribution in [2.24, 2.45) is 0 Å². The summed E-state index contributed by atoms with van der Waals surface area (Å²) in [5.41, 5.74) is 1.09. The highest BCUT2D eigenvalue weighted by Gasteiger charge is 2.20. The molecule has 1 atom stereocenters. The molecule has 0 amide bonds. The number of benzene rings is 1. The van der Waals surface area contributed by atoms with Gasteiger partial charge in [-0.2, -0.15) is 11.3 Å². The number of nitrogens with one attached hydrogen (secondary N) is 1. The Kier molecular flexibility index (Phi) is 4.95. The first-order valence-electron chi connectivity index (χ1n) is 5.87. The Morgan fingerprint density at radius 1 is 1.40 bits per heavy atom. The molecule has 0 spiro atoms. The van der Waals surface area contributed by atoms with Crippen molar-refractivity contribution in [3.63, 3.8) is 0 Å². The summed E-state index contributed by atoms with van der Waals surface area (Å²) in [6.07, 6.45) is 0.613. The minimum atomic E-state index is -3.67. The molecule has 0 aliphatic heterocycles. The van der Waals surface area contributed by atoms with Gasteiger partial charge in [-0.05, 0) is 69.9 Å². The third-order valence-electron chi connectivity index (χ3n) is 2.66. The molecule has 2 rings (SSSR count). The number of sulfonamides is 1. The van der Waals surface area contributed by atoms with Gasteiger partial charge in [0.1, 0.15) is 5.82 Å². The second kappa shape index (κ2) is 6.34. The van der Waals surface area contributed by atoms with E-state index in [-0.39, 0.29) is 15.4 Å². The lowest BCUT2D eigenvalue weighted by Crippen LogP contribution is -2.34. The number of thiophene rings is 1. The molecule has 20 heavy (non-hydrogen) atoms. The van der Waals surface area contributed by atoms with Crippen molar-refractivity contribution in [3.8, 4) is 0 Å². The van der Waals surface area contributed by atoms with Gasteiger partial charge in [0.15, 0.2) is 0 Å². The van der Waals surface area contributed by atoms with Gasteiger partial charge in [-0.1, -0.05) is 0 Å². The second-order valence-electron chi connectivity index (χ2n) is 4.43. The molecular formula is C13H13BrFNO2S2. The minimum Gasteiger partial charge on any atom is -0.208 e. The van der Waals surface area contributed by atoms with Crippen LogP contribution >= 0.6 is 27.3 Å². The van der Waals surface area contributed by atoms with Crippen LogP contribution in [0.5, 0.6) is 0 Å². The van der Waals surface area contributed by atoms with E-state index in [2.05, 4.69) is 20.7 Å². The quantitative estimate of drug-likeness (QED) is 0.865. The lowest BCUT2D eigenvalue weighted by Gasteiger charge is -2.14. The van der Waals surface area contributed by atoms with Crippen molar-refractivity contribution in [3.05, 3.63) is 50.9 Å². The highest BCUT2D eigenvalue weighted by molar-refractivity contribution is 9.10. The summed E-state index contributed by atoms with van der Waals surface area (Å²) in [5.74, 6) is -0.484. The third-order valence-corrected chi connectivity index (χ3v) is 5.96. The molecular weight excluding hydrogens is 365 g/mol. The first kappa shape index (κ1) is 15.6. The lowest BCUT2D eigenvalue weighted by molar-refractivity contribution is 0.559. The largest absolute Gasteiger partial charge is 0.241 e. The molecule has 2 aromatic rings. The number of rotatable bonds is 5. The smallest absolute Gasteiger partial charge is 0.208 e. The predicted octanol–water partition coefficient (Wildman–Crippen LogP) is 3.56. The van der Waals surface area contributed by atoms with Gasteiger partial charge in [0.05, 0.1) is 4.90 Å². The van der Waals surface area contributed by atoms with Crippen LogP contribution in [0.15, 0.2) is 44.4 Å². The molecule has 1 heterocycles. The van der Waals surface area contributed by atoms with Gasteiger partial charge < -0.3 is 0 Å². The van der Waals surface area contributed by atoms with E-state index in [1.54, 1.807) is 18.3 Å². The molecule has 1 aromatic heterocycles. The SMILES string of the molecule is CC(Cc1ccsc1)NS(=O)(=O)c1ccc(F)cc1Br. The van der Waals surface area contributed by atoms with Crippen LogP contribution in [0.25, 0.3) is 0 Å². The minimum absolute atomic E-state index is 0.0380. The van der Waals surface area contributed by atoms with Crippen LogP contribution in [-0.2, 0) is 16.4 Å². The van der Waals surface area contributed by atoms with Crippen LogP contribution in [-0.4, -0.2) is 14.5 Å². The molecule has 0 aliphatic carbocycles. The maximum absolute atomic E-state index is 13.0. The van der Waals surface area contributed by atoms with Crippen molar-refractivity contribution < 1.29 is 12.8 Å². The van der Waals surface area contributed by atoms with Crippen molar-refractivity contribution in [2.75, 3.05) is 0 Å². The van der Waals surface area contributed by atoms with E-state index in [0.29, 0.717) is 6.42 Å². The summed E-state index contributed by atoms with van der Waals surface area (Å²) in [6.45, 7) is 1.80. The Labute approximate surface area is 130 Å². The zero-order valence-corrected chi connectivity index (χ0v) is 13.9. The molecule has 1 unspecified atom stereocenters. The Morgan fingerprint density at radius 3 is 2.75 bits per heavy atom. The summed E-state index contributed by atoms with van der Waals surface area (Å²) in [4.78, 5) is 0.0380. The average molecular weight is 378 g/mol. The summed E-state index contributed by atoms with van der Waals surface area (Å²) in [6, 6.07) is 5.23. The maximum Gasteiger partial charge on any atom is 0.241 e. The molecule has 0 bridgehead atoms. The van der Waals surface area contributed by atoms with Crippen LogP contribution in [0.4, 0.5) is 4.39 Å². The molecule has 0 aliphatic rings. The molecule has 1 aromatic carbocycles. The van der Waals surface area contributed by atoms with Gasteiger partial charge in [0, 0.05) is 10.5 Å². The van der Waals surface area contributed by atoms with Crippen LogP contribution in [0.1, 0.15) is 12.5 Å². The fourth-order valence-electron chi connectivity index (χ4n) is 1.83. The number of hydrogen-bond donors (Lipinski definition) is 1. The predicted molar refractivity (Wildman–Crippen MR) is 81.9 cm³/mol. The third kappa shape index (κ3) is 3.88. The van der Waals surface area contributed by atoms with E-state index in [1.807, 2.05) is 16.8 Å². The van der Waals surface area contributed by atoms with Crippen LogP contribution in [0.2, 0.25) is 0 Å². The number of hydrogen-bond acceptors (Lipinski definition) is 3. The molecule has 7 heteroatoms. The summed E-state index contributed by atoms with van der Waals surface area (Å²) < 4.78 is 40.3. The van der Waals surface area contributed by atoms with Crippen LogP contribution in [0.3, 0.4) is 0 Å². The van der Waals surface area contributed by atoms with E-state index >= 15 is 0 Å². The van der Waals surface area contributed by atoms with Crippen LogP contribution in [0, 0.1) is 5.82 Å². The topological polar surface area (TPSA) is 46.2 Å². The molecule has 3 nitrogen and oxygen atoms in total. The van der Waals surface area contributed by atoms with E-state index < -0.39 is 15.8 Å². The molecule has 0 saturated carbocycles. The van der Waals surface area contributed by atoms with Crippen molar-refractivity contribution in [2.45, 2.75) is 24.3 Å². The molecule has 0 radical (unpaired) electrons. The van der Waals surface area contributed by atoms with E-state index in [4.69, 9.17) is 0 Å². The fraction of sp³-hybridized carbons (Fsp3) is 0.231. The standard InChI is InChI=1S/C13H13BrFNO2S2/c1-9(6-10-4-5-19-8-10)16-20(17,18)13-3-2-11(15)7-12(13)14/h2-5,7-9,16H,6H2,1H3. The van der Waals surface area contributed by atoms with E-state index in [9.17, 15) is 12.8 Å². The molecule has 108 valence electrons. The van der Waals surface area contributed by atoms with Crippen LogP contribution < -0.4 is 4.72 Å². The van der Waals surface area contributed by atoms with Gasteiger partial charge >= 0.3 is 0 Å². The van der Waals surface area contributed by atoms with Gasteiger partial charge in [0.25, 0.3) is 0 Å². The van der Waals surface area contributed by atoms with Gasteiger partial charge in [-0.3, -0.25) is 0 Å². The highest BCUT2D eigenvalue weighted by Crippen LogP contribution is 2.23.